The van der Waals surface area contributed by atoms with E-state index in [9.17, 15) is 9.59 Å². The highest BCUT2D eigenvalue weighted by Gasteiger charge is 2.13. The van der Waals surface area contributed by atoms with E-state index in [2.05, 4.69) is 20.7 Å². The van der Waals surface area contributed by atoms with Crippen LogP contribution < -0.4 is 15.5 Å². The molecule has 9 heteroatoms. The summed E-state index contributed by atoms with van der Waals surface area (Å²) in [4.78, 5) is 26.0. The lowest BCUT2D eigenvalue weighted by Crippen LogP contribution is -2.40. The second kappa shape index (κ2) is 12.8. The number of ether oxygens (including phenoxy) is 2. The van der Waals surface area contributed by atoms with Crippen LogP contribution in [0.15, 0.2) is 53.6 Å². The molecule has 2 aromatic carbocycles. The molecule has 0 aliphatic carbocycles. The van der Waals surface area contributed by atoms with Crippen LogP contribution in [0.25, 0.3) is 0 Å². The first kappa shape index (κ1) is 23.7. The number of rotatable bonds is 9. The fraction of sp³-hybridized carbons (Fsp3) is 0.348. The molecule has 1 saturated heterocycles. The van der Waals surface area contributed by atoms with E-state index in [4.69, 9.17) is 21.1 Å². The van der Waals surface area contributed by atoms with E-state index in [1.807, 2.05) is 36.4 Å². The van der Waals surface area contributed by atoms with Gasteiger partial charge >= 0.3 is 11.8 Å². The van der Waals surface area contributed by atoms with Crippen molar-refractivity contribution in [3.63, 3.8) is 0 Å². The van der Waals surface area contributed by atoms with Gasteiger partial charge in [0.15, 0.2) is 0 Å². The maximum Gasteiger partial charge on any atom is 0.329 e. The minimum Gasteiger partial charge on any atom is -0.489 e. The van der Waals surface area contributed by atoms with Gasteiger partial charge in [-0.2, -0.15) is 5.10 Å². The lowest BCUT2D eigenvalue weighted by Gasteiger charge is -2.26. The van der Waals surface area contributed by atoms with Gasteiger partial charge in [-0.1, -0.05) is 35.9 Å². The lowest BCUT2D eigenvalue weighted by atomic mass is 10.1. The van der Waals surface area contributed by atoms with Crippen molar-refractivity contribution in [2.75, 3.05) is 39.4 Å². The largest absolute Gasteiger partial charge is 0.489 e. The Morgan fingerprint density at radius 1 is 1.12 bits per heavy atom. The second-order valence-corrected chi connectivity index (χ2v) is 7.69. The quantitative estimate of drug-likeness (QED) is 0.260. The molecular weight excluding hydrogens is 432 g/mol. The van der Waals surface area contributed by atoms with Gasteiger partial charge in [-0.15, -0.1) is 0 Å². The molecule has 0 bridgehead atoms. The molecule has 2 amide bonds. The SMILES string of the molecule is O=C(NCCCN1CCOCC1)C(=O)N/N=C/c1cccc(COc2cccc(Cl)c2)c1. The molecule has 3 rings (SSSR count). The molecule has 0 radical (unpaired) electrons. The lowest BCUT2D eigenvalue weighted by molar-refractivity contribution is -0.139. The number of nitrogens with zero attached hydrogens (tertiary/aromatic N) is 2. The fourth-order valence-electron chi connectivity index (χ4n) is 3.11. The second-order valence-electron chi connectivity index (χ2n) is 7.25. The Balaban J connectivity index is 1.37. The summed E-state index contributed by atoms with van der Waals surface area (Å²) in [6, 6.07) is 14.7. The summed E-state index contributed by atoms with van der Waals surface area (Å²) in [6.45, 7) is 4.94. The van der Waals surface area contributed by atoms with Gasteiger partial charge in [0.2, 0.25) is 0 Å². The Hall–Kier alpha value is -2.94. The highest BCUT2D eigenvalue weighted by atomic mass is 35.5. The van der Waals surface area contributed by atoms with Crippen LogP contribution in [0.4, 0.5) is 0 Å². The Morgan fingerprint density at radius 2 is 1.94 bits per heavy atom. The van der Waals surface area contributed by atoms with Crippen LogP contribution in [-0.2, 0) is 20.9 Å². The van der Waals surface area contributed by atoms with Gasteiger partial charge < -0.3 is 14.8 Å². The Bertz CT molecular complexity index is 932. The first-order valence-corrected chi connectivity index (χ1v) is 10.9. The van der Waals surface area contributed by atoms with Crippen molar-refractivity contribution < 1.29 is 19.1 Å². The summed E-state index contributed by atoms with van der Waals surface area (Å²) in [5.41, 5.74) is 3.95. The summed E-state index contributed by atoms with van der Waals surface area (Å²) >= 11 is 5.96. The molecule has 0 unspecified atom stereocenters. The highest BCUT2D eigenvalue weighted by molar-refractivity contribution is 6.35. The van der Waals surface area contributed by atoms with Gasteiger partial charge in [0.25, 0.3) is 0 Å². The molecule has 0 atom stereocenters. The van der Waals surface area contributed by atoms with Gasteiger partial charge in [0.05, 0.1) is 19.4 Å². The number of hydrogen-bond donors (Lipinski definition) is 2. The van der Waals surface area contributed by atoms with E-state index in [0.717, 1.165) is 50.4 Å². The first-order valence-electron chi connectivity index (χ1n) is 10.5. The van der Waals surface area contributed by atoms with Crippen molar-refractivity contribution in [2.45, 2.75) is 13.0 Å². The molecular formula is C23H27ClN4O4. The summed E-state index contributed by atoms with van der Waals surface area (Å²) in [5, 5.41) is 7.09. The number of benzene rings is 2. The van der Waals surface area contributed by atoms with E-state index in [0.29, 0.717) is 23.9 Å². The van der Waals surface area contributed by atoms with E-state index in [1.54, 1.807) is 12.1 Å². The number of carbonyl (C=O) groups is 2. The molecule has 1 aliphatic rings. The number of hydrazone groups is 1. The molecule has 1 aliphatic heterocycles. The molecule has 1 heterocycles. The smallest absolute Gasteiger partial charge is 0.329 e. The van der Waals surface area contributed by atoms with Crippen molar-refractivity contribution in [2.24, 2.45) is 5.10 Å². The molecule has 0 saturated carbocycles. The Morgan fingerprint density at radius 3 is 2.75 bits per heavy atom. The van der Waals surface area contributed by atoms with Crippen LogP contribution in [0.2, 0.25) is 5.02 Å². The number of morpholine rings is 1. The number of nitrogens with one attached hydrogen (secondary N) is 2. The standard InChI is InChI=1S/C23H27ClN4O4/c24-20-6-2-7-21(15-20)32-17-19-5-1-4-18(14-19)16-26-27-23(30)22(29)25-8-3-9-28-10-12-31-13-11-28/h1-2,4-7,14-16H,3,8-13,17H2,(H,25,29)(H,27,30)/b26-16+. The van der Waals surface area contributed by atoms with Crippen molar-refractivity contribution in [3.05, 3.63) is 64.7 Å². The maximum atomic E-state index is 11.9. The number of carbonyl (C=O) groups excluding carboxylic acids is 2. The van der Waals surface area contributed by atoms with Crippen LogP contribution in [0.1, 0.15) is 17.5 Å². The number of hydrogen-bond acceptors (Lipinski definition) is 6. The van der Waals surface area contributed by atoms with E-state index >= 15 is 0 Å². The summed E-state index contributed by atoms with van der Waals surface area (Å²) in [7, 11) is 0. The van der Waals surface area contributed by atoms with Gasteiger partial charge in [-0.3, -0.25) is 14.5 Å². The zero-order chi connectivity index (χ0) is 22.6. The Kier molecular flexibility index (Phi) is 9.49. The van der Waals surface area contributed by atoms with Crippen LogP contribution in [0.5, 0.6) is 5.75 Å². The fourth-order valence-corrected chi connectivity index (χ4v) is 3.29. The third kappa shape index (κ3) is 8.30. The monoisotopic (exact) mass is 458 g/mol. The van der Waals surface area contributed by atoms with Gasteiger partial charge in [0, 0.05) is 24.7 Å². The summed E-state index contributed by atoms with van der Waals surface area (Å²) in [5.74, 6) is -0.819. The first-order chi connectivity index (χ1) is 15.6. The van der Waals surface area contributed by atoms with Crippen molar-refractivity contribution in [1.82, 2.24) is 15.6 Å². The molecule has 0 spiro atoms. The van der Waals surface area contributed by atoms with Gasteiger partial charge in [0.1, 0.15) is 12.4 Å². The minimum atomic E-state index is -0.798. The zero-order valence-corrected chi connectivity index (χ0v) is 18.5. The van der Waals surface area contributed by atoms with Crippen molar-refractivity contribution in [3.8, 4) is 5.75 Å². The van der Waals surface area contributed by atoms with Gasteiger partial charge in [-0.05, 0) is 48.4 Å². The van der Waals surface area contributed by atoms with Crippen molar-refractivity contribution >= 4 is 29.6 Å². The van der Waals surface area contributed by atoms with Crippen LogP contribution in [-0.4, -0.2) is 62.3 Å². The zero-order valence-electron chi connectivity index (χ0n) is 17.8. The molecule has 2 N–H and O–H groups in total. The molecule has 32 heavy (non-hydrogen) atoms. The molecule has 1 fully saturated rings. The van der Waals surface area contributed by atoms with Crippen LogP contribution >= 0.6 is 11.6 Å². The van der Waals surface area contributed by atoms with Gasteiger partial charge in [-0.25, -0.2) is 5.43 Å². The third-order valence-electron chi connectivity index (χ3n) is 4.78. The predicted molar refractivity (Wildman–Crippen MR) is 123 cm³/mol. The van der Waals surface area contributed by atoms with Crippen LogP contribution in [0.3, 0.4) is 0 Å². The number of halogens is 1. The molecule has 8 nitrogen and oxygen atoms in total. The minimum absolute atomic E-state index is 0.362. The summed E-state index contributed by atoms with van der Waals surface area (Å²) in [6.07, 6.45) is 2.25. The van der Waals surface area contributed by atoms with Crippen molar-refractivity contribution in [1.29, 1.82) is 0 Å². The number of amides is 2. The van der Waals surface area contributed by atoms with E-state index < -0.39 is 11.8 Å². The van der Waals surface area contributed by atoms with Crippen LogP contribution in [0, 0.1) is 0 Å². The molecule has 170 valence electrons. The third-order valence-corrected chi connectivity index (χ3v) is 5.01. The van der Waals surface area contributed by atoms with E-state index in [1.165, 1.54) is 6.21 Å². The normalized spacial score (nSPS) is 14.3. The summed E-state index contributed by atoms with van der Waals surface area (Å²) < 4.78 is 11.0. The average molecular weight is 459 g/mol. The molecule has 0 aromatic heterocycles. The predicted octanol–water partition coefficient (Wildman–Crippen LogP) is 2.21. The Labute approximate surface area is 192 Å². The van der Waals surface area contributed by atoms with E-state index in [-0.39, 0.29) is 0 Å². The molecule has 2 aromatic rings. The highest BCUT2D eigenvalue weighted by Crippen LogP contribution is 2.18. The topological polar surface area (TPSA) is 92.3 Å². The average Bonchev–Trinajstić information content (AvgIpc) is 2.81. The maximum absolute atomic E-state index is 11.9.